The molecule has 0 bridgehead atoms. The quantitative estimate of drug-likeness (QED) is 0.0812. The Labute approximate surface area is 332 Å². The number of carbonyl (C=O) groups excluding carboxylic acids is 1. The number of carbonyl (C=O) groups is 1. The van der Waals surface area contributed by atoms with Crippen molar-refractivity contribution in [3.8, 4) is 23.0 Å². The van der Waals surface area contributed by atoms with Crippen LogP contribution in [-0.2, 0) is 47.6 Å². The lowest BCUT2D eigenvalue weighted by atomic mass is 9.87. The number of nitrogens with one attached hydrogen (secondary N) is 1. The van der Waals surface area contributed by atoms with Crippen molar-refractivity contribution in [1.29, 1.82) is 0 Å². The molecule has 19 heteroatoms. The third-order valence-electron chi connectivity index (χ3n) is 11.4. The largest absolute Gasteiger partial charge is 0.435 e. The smallest absolute Gasteiger partial charge is 0.382 e. The minimum absolute atomic E-state index is 0.0279. The third kappa shape index (κ3) is 6.55. The number of fused-ring (bicyclic) bond motifs is 4. The van der Waals surface area contributed by atoms with E-state index >= 15 is 8.78 Å². The third-order valence-corrected chi connectivity index (χ3v) is 13.5. The van der Waals surface area contributed by atoms with Gasteiger partial charge in [-0.3, -0.25) is 14.2 Å². The number of anilines is 1. The standard InChI is InChI=1S/C39H33ClF7N7O3S/c1-36(2,37(10-11-37)58(56)57)9-8-21-4-5-22(23-6-7-26(40)30-32(23)53(3)52-35(30)48)31(49-21)27(14-18-12-19(41)15-20(42)13-18)50-28(55)17-54-34-29(33(51-54)39(45,46)47)24-16-25(24)38(34,43)44/h4-7,12-13,15,24-25,27,58H,10-11,14,16-17H2,1-3H3,(H2,48,52)(H,50,55)/t24-,25+,27-/m0/s1. The molecule has 3 atom stereocenters. The van der Waals surface area contributed by atoms with Gasteiger partial charge in [0.25, 0.3) is 5.92 Å². The Balaban J connectivity index is 1.27. The molecule has 1 amide bonds. The van der Waals surface area contributed by atoms with E-state index in [1.54, 1.807) is 45.2 Å². The van der Waals surface area contributed by atoms with Gasteiger partial charge in [0.1, 0.15) is 40.3 Å². The van der Waals surface area contributed by atoms with Crippen molar-refractivity contribution in [2.75, 3.05) is 5.73 Å². The number of pyridine rings is 1. The Morgan fingerprint density at radius 2 is 1.74 bits per heavy atom. The normalized spacial score (nSPS) is 19.4. The molecule has 304 valence electrons. The van der Waals surface area contributed by atoms with Gasteiger partial charge in [-0.25, -0.2) is 22.2 Å². The molecular weight excluding hydrogens is 815 g/mol. The molecule has 3 aliphatic rings. The maximum absolute atomic E-state index is 15.4. The topological polar surface area (TPSA) is 138 Å². The number of rotatable bonds is 9. The predicted molar refractivity (Wildman–Crippen MR) is 199 cm³/mol. The summed E-state index contributed by atoms with van der Waals surface area (Å²) in [7, 11) is -1.22. The molecule has 3 heterocycles. The zero-order valence-electron chi connectivity index (χ0n) is 30.8. The molecular formula is C39H33ClF7N7O3S. The lowest BCUT2D eigenvalue weighted by molar-refractivity contribution is -0.142. The summed E-state index contributed by atoms with van der Waals surface area (Å²) in [5.41, 5.74) is 3.43. The number of aromatic nitrogens is 5. The Bertz CT molecular complexity index is 2680. The molecule has 2 fully saturated rings. The number of halogens is 8. The maximum atomic E-state index is 15.4. The van der Waals surface area contributed by atoms with Gasteiger partial charge in [0.15, 0.2) is 11.5 Å². The summed E-state index contributed by atoms with van der Waals surface area (Å²) in [5.74, 6) is -2.97. The van der Waals surface area contributed by atoms with E-state index in [1.165, 1.54) is 4.68 Å². The molecule has 0 unspecified atom stereocenters. The van der Waals surface area contributed by atoms with Crippen LogP contribution < -0.4 is 11.1 Å². The molecule has 0 saturated heterocycles. The van der Waals surface area contributed by atoms with Crippen molar-refractivity contribution in [3.63, 3.8) is 0 Å². The second kappa shape index (κ2) is 13.4. The summed E-state index contributed by atoms with van der Waals surface area (Å²) in [6.45, 7) is 2.31. The molecule has 5 aromatic rings. The summed E-state index contributed by atoms with van der Waals surface area (Å²) in [5, 5.41) is 11.0. The number of alkyl halides is 5. The number of amides is 1. The number of nitrogens with zero attached hydrogens (tertiary/aromatic N) is 5. The molecule has 10 nitrogen and oxygen atoms in total. The number of nitrogen functional groups attached to an aromatic ring is 1. The number of nitrogens with two attached hydrogens (primary N) is 1. The van der Waals surface area contributed by atoms with Crippen LogP contribution >= 0.6 is 11.6 Å². The highest BCUT2D eigenvalue weighted by Crippen LogP contribution is 2.68. The van der Waals surface area contributed by atoms with Gasteiger partial charge in [-0.15, -0.1) is 0 Å². The van der Waals surface area contributed by atoms with E-state index in [2.05, 4.69) is 27.4 Å². The number of hydrogen-bond acceptors (Lipinski definition) is 7. The SMILES string of the molecule is Cn1nc(N)c2c(Cl)ccc(-c3ccc(C#CC(C)(C)C4([SH](=O)=O)CC4)nc3[C@H](Cc3cc(F)cc(F)c3)NC(=O)Cn3nc(C(F)(F)F)c4c3C(F)(F)[C@@H]3C[C@H]43)c21. The molecule has 3 N–H and O–H groups in total. The van der Waals surface area contributed by atoms with Gasteiger partial charge < -0.3 is 11.1 Å². The lowest BCUT2D eigenvalue weighted by Gasteiger charge is -2.24. The number of hydrogen-bond donors (Lipinski definition) is 3. The van der Waals surface area contributed by atoms with Crippen LogP contribution in [0.5, 0.6) is 0 Å². The van der Waals surface area contributed by atoms with E-state index in [1.807, 2.05) is 0 Å². The molecule has 3 aromatic heterocycles. The first-order valence-corrected chi connectivity index (χ1v) is 19.6. The van der Waals surface area contributed by atoms with E-state index in [0.29, 0.717) is 45.6 Å². The van der Waals surface area contributed by atoms with Gasteiger partial charge in [0.2, 0.25) is 5.91 Å². The van der Waals surface area contributed by atoms with Gasteiger partial charge >= 0.3 is 6.18 Å². The van der Waals surface area contributed by atoms with Crippen molar-refractivity contribution >= 4 is 44.9 Å². The molecule has 0 radical (unpaired) electrons. The molecule has 3 aliphatic carbocycles. The van der Waals surface area contributed by atoms with Crippen LogP contribution in [0.3, 0.4) is 0 Å². The summed E-state index contributed by atoms with van der Waals surface area (Å²) in [4.78, 5) is 18.7. The molecule has 2 saturated carbocycles. The van der Waals surface area contributed by atoms with E-state index in [-0.39, 0.29) is 40.6 Å². The molecule has 8 rings (SSSR count). The predicted octanol–water partition coefficient (Wildman–Crippen LogP) is 7.20. The summed E-state index contributed by atoms with van der Waals surface area (Å²) in [6.07, 6.45) is -4.74. The summed E-state index contributed by atoms with van der Waals surface area (Å²) < 4.78 is 127. The monoisotopic (exact) mass is 847 g/mol. The van der Waals surface area contributed by atoms with E-state index in [9.17, 15) is 35.2 Å². The minimum atomic E-state index is -5.07. The van der Waals surface area contributed by atoms with Crippen molar-refractivity contribution in [3.05, 3.63) is 93.0 Å². The van der Waals surface area contributed by atoms with Crippen molar-refractivity contribution in [2.45, 2.75) is 74.9 Å². The van der Waals surface area contributed by atoms with Gasteiger partial charge in [-0.2, -0.15) is 32.1 Å². The van der Waals surface area contributed by atoms with Crippen molar-refractivity contribution in [1.82, 2.24) is 29.9 Å². The molecule has 0 spiro atoms. The Kier molecular flexibility index (Phi) is 9.20. The highest BCUT2D eigenvalue weighted by molar-refractivity contribution is 7.74. The Morgan fingerprint density at radius 3 is 2.38 bits per heavy atom. The number of thiol groups is 1. The fourth-order valence-corrected chi connectivity index (χ4v) is 9.54. The number of benzene rings is 2. The van der Waals surface area contributed by atoms with Gasteiger partial charge in [0.05, 0.1) is 32.4 Å². The van der Waals surface area contributed by atoms with E-state index in [0.717, 1.165) is 12.1 Å². The minimum Gasteiger partial charge on any atom is -0.382 e. The summed E-state index contributed by atoms with van der Waals surface area (Å²) >= 11 is 6.52. The van der Waals surface area contributed by atoms with Crippen molar-refractivity contribution < 1.29 is 43.9 Å². The summed E-state index contributed by atoms with van der Waals surface area (Å²) in [6, 6.07) is 7.63. The fourth-order valence-electron chi connectivity index (χ4n) is 8.30. The second-order valence-corrected chi connectivity index (χ2v) is 17.3. The fraction of sp³-hybridized carbons (Fsp3) is 0.385. The zero-order chi connectivity index (χ0) is 41.9. The first-order chi connectivity index (χ1) is 27.1. The highest BCUT2D eigenvalue weighted by atomic mass is 35.5. The zero-order valence-corrected chi connectivity index (χ0v) is 32.5. The van der Waals surface area contributed by atoms with Crippen LogP contribution in [0.25, 0.3) is 22.0 Å². The van der Waals surface area contributed by atoms with Crippen LogP contribution in [0.4, 0.5) is 36.6 Å². The van der Waals surface area contributed by atoms with Crippen LogP contribution in [0.15, 0.2) is 42.5 Å². The van der Waals surface area contributed by atoms with Crippen LogP contribution in [0, 0.1) is 34.8 Å². The maximum Gasteiger partial charge on any atom is 0.435 e. The first-order valence-electron chi connectivity index (χ1n) is 18.0. The lowest BCUT2D eigenvalue weighted by Crippen LogP contribution is -2.35. The highest BCUT2D eigenvalue weighted by Gasteiger charge is 2.68. The van der Waals surface area contributed by atoms with E-state index in [4.69, 9.17) is 22.3 Å². The average Bonchev–Trinajstić information content (AvgIpc) is 4.03. The molecule has 58 heavy (non-hydrogen) atoms. The Hall–Kier alpha value is -5.15. The average molecular weight is 848 g/mol. The van der Waals surface area contributed by atoms with Gasteiger partial charge in [0, 0.05) is 41.1 Å². The van der Waals surface area contributed by atoms with Crippen LogP contribution in [-0.4, -0.2) is 43.6 Å². The second-order valence-electron chi connectivity index (χ2n) is 15.6. The molecule has 0 aliphatic heterocycles. The van der Waals surface area contributed by atoms with Crippen LogP contribution in [0.1, 0.15) is 79.0 Å². The van der Waals surface area contributed by atoms with Gasteiger partial charge in [-0.1, -0.05) is 23.6 Å². The number of aryl methyl sites for hydroxylation is 1. The first kappa shape index (κ1) is 39.7. The molecule has 2 aromatic carbocycles. The van der Waals surface area contributed by atoms with Crippen molar-refractivity contribution in [2.24, 2.45) is 18.4 Å². The van der Waals surface area contributed by atoms with Gasteiger partial charge in [-0.05, 0) is 87.3 Å². The van der Waals surface area contributed by atoms with Crippen LogP contribution in [0.2, 0.25) is 5.02 Å². The Morgan fingerprint density at radius 1 is 1.07 bits per heavy atom. The van der Waals surface area contributed by atoms with E-state index < -0.39 is 91.9 Å².